The number of aryl methyl sites for hydroxylation is 1. The van der Waals surface area contributed by atoms with Gasteiger partial charge in [0, 0.05) is 0 Å². The van der Waals surface area contributed by atoms with Gasteiger partial charge in [-0.1, -0.05) is 12.1 Å². The second-order valence-electron chi connectivity index (χ2n) is 2.38. The molecular weight excluding hydrogens is 122 g/mol. The molecule has 0 radical (unpaired) electrons. The van der Waals surface area contributed by atoms with Crippen molar-refractivity contribution in [1.82, 2.24) is 0 Å². The van der Waals surface area contributed by atoms with Gasteiger partial charge >= 0.3 is 0 Å². The summed E-state index contributed by atoms with van der Waals surface area (Å²) in [6.45, 7) is 7.61. The molecule has 0 heterocycles. The van der Waals surface area contributed by atoms with Crippen molar-refractivity contribution in [1.29, 1.82) is 0 Å². The lowest BCUT2D eigenvalue weighted by molar-refractivity contribution is 1.32. The minimum Gasteiger partial charge on any atom is -0.264 e. The van der Waals surface area contributed by atoms with Crippen LogP contribution in [-0.2, 0) is 0 Å². The molecular formula is C9H11N. The van der Waals surface area contributed by atoms with Gasteiger partial charge in [0.15, 0.2) is 0 Å². The second kappa shape index (κ2) is 2.65. The van der Waals surface area contributed by atoms with Crippen LogP contribution in [0.25, 0.3) is 0 Å². The number of hydrogen-bond acceptors (Lipinski definition) is 1. The third kappa shape index (κ3) is 1.08. The summed E-state index contributed by atoms with van der Waals surface area (Å²) in [6, 6.07) is 6.03. The molecule has 0 N–H and O–H groups in total. The fourth-order valence-electron chi connectivity index (χ4n) is 0.907. The van der Waals surface area contributed by atoms with Crippen molar-refractivity contribution in [3.05, 3.63) is 29.3 Å². The molecule has 0 unspecified atom stereocenters. The van der Waals surface area contributed by atoms with E-state index in [1.807, 2.05) is 12.1 Å². The van der Waals surface area contributed by atoms with Crippen LogP contribution >= 0.6 is 0 Å². The maximum absolute atomic E-state index is 3.88. The molecule has 1 aromatic carbocycles. The predicted octanol–water partition coefficient (Wildman–Crippen LogP) is 2.64. The summed E-state index contributed by atoms with van der Waals surface area (Å²) >= 11 is 0. The Kier molecular flexibility index (Phi) is 1.86. The van der Waals surface area contributed by atoms with Crippen LogP contribution in [0.2, 0.25) is 0 Å². The first-order valence-corrected chi connectivity index (χ1v) is 3.28. The summed E-state index contributed by atoms with van der Waals surface area (Å²) < 4.78 is 0. The average Bonchev–Trinajstić information content (AvgIpc) is 1.95. The number of aliphatic imine (C=N–C) groups is 1. The summed E-state index contributed by atoms with van der Waals surface area (Å²) in [4.78, 5) is 3.88. The Hall–Kier alpha value is -1.11. The Bertz CT molecular complexity index is 251. The summed E-state index contributed by atoms with van der Waals surface area (Å²) in [6.07, 6.45) is 0. The number of rotatable bonds is 1. The molecule has 1 nitrogen and oxygen atoms in total. The molecule has 0 spiro atoms. The molecule has 0 bridgehead atoms. The van der Waals surface area contributed by atoms with Crippen molar-refractivity contribution in [2.45, 2.75) is 13.8 Å². The molecule has 52 valence electrons. The van der Waals surface area contributed by atoms with Crippen molar-refractivity contribution >= 4 is 12.4 Å². The van der Waals surface area contributed by atoms with Gasteiger partial charge in [-0.25, -0.2) is 0 Å². The second-order valence-corrected chi connectivity index (χ2v) is 2.38. The largest absolute Gasteiger partial charge is 0.264 e. The van der Waals surface area contributed by atoms with E-state index in [0.717, 1.165) is 5.69 Å². The zero-order valence-corrected chi connectivity index (χ0v) is 6.39. The minimum absolute atomic E-state index is 0.986. The molecule has 0 amide bonds. The first-order valence-electron chi connectivity index (χ1n) is 3.28. The zero-order valence-electron chi connectivity index (χ0n) is 6.39. The Labute approximate surface area is 61.4 Å². The predicted molar refractivity (Wildman–Crippen MR) is 45.1 cm³/mol. The van der Waals surface area contributed by atoms with Crippen molar-refractivity contribution in [3.8, 4) is 0 Å². The molecule has 0 saturated carbocycles. The molecule has 1 heteroatoms. The van der Waals surface area contributed by atoms with E-state index in [4.69, 9.17) is 0 Å². The first-order chi connectivity index (χ1) is 4.75. The van der Waals surface area contributed by atoms with Crippen LogP contribution in [0.5, 0.6) is 0 Å². The molecule has 1 rings (SSSR count). The molecule has 10 heavy (non-hydrogen) atoms. The van der Waals surface area contributed by atoms with Gasteiger partial charge in [0.05, 0.1) is 5.69 Å². The first kappa shape index (κ1) is 7.00. The van der Waals surface area contributed by atoms with Gasteiger partial charge in [0.25, 0.3) is 0 Å². The van der Waals surface area contributed by atoms with Crippen molar-refractivity contribution in [3.63, 3.8) is 0 Å². The van der Waals surface area contributed by atoms with Gasteiger partial charge < -0.3 is 0 Å². The van der Waals surface area contributed by atoms with E-state index in [-0.39, 0.29) is 0 Å². The zero-order chi connectivity index (χ0) is 7.56. The van der Waals surface area contributed by atoms with Gasteiger partial charge in [-0.05, 0) is 37.8 Å². The van der Waals surface area contributed by atoms with Crippen LogP contribution in [0.4, 0.5) is 5.69 Å². The molecule has 0 saturated heterocycles. The van der Waals surface area contributed by atoms with Crippen LogP contribution in [-0.4, -0.2) is 6.72 Å². The van der Waals surface area contributed by atoms with E-state index in [1.165, 1.54) is 11.1 Å². The smallest absolute Gasteiger partial charge is 0.0654 e. The average molecular weight is 133 g/mol. The number of hydrogen-bond donors (Lipinski definition) is 0. The molecule has 0 aliphatic heterocycles. The van der Waals surface area contributed by atoms with Gasteiger partial charge in [-0.15, -0.1) is 0 Å². The third-order valence-corrected chi connectivity index (χ3v) is 1.75. The molecule has 0 aliphatic rings. The SMILES string of the molecule is C=Nc1cccc(C)c1C. The quantitative estimate of drug-likeness (QED) is 0.522. The molecule has 0 atom stereocenters. The van der Waals surface area contributed by atoms with E-state index in [9.17, 15) is 0 Å². The summed E-state index contributed by atoms with van der Waals surface area (Å²) in [5.41, 5.74) is 3.47. The van der Waals surface area contributed by atoms with Crippen molar-refractivity contribution in [2.75, 3.05) is 0 Å². The lowest BCUT2D eigenvalue weighted by Crippen LogP contribution is -1.78. The fraction of sp³-hybridized carbons (Fsp3) is 0.222. The van der Waals surface area contributed by atoms with E-state index in [0.29, 0.717) is 0 Å². The molecule has 1 aromatic rings. The Morgan fingerprint density at radius 3 is 2.50 bits per heavy atom. The maximum Gasteiger partial charge on any atom is 0.0654 e. The monoisotopic (exact) mass is 133 g/mol. The summed E-state index contributed by atoms with van der Waals surface area (Å²) in [7, 11) is 0. The lowest BCUT2D eigenvalue weighted by atomic mass is 10.1. The highest BCUT2D eigenvalue weighted by molar-refractivity contribution is 5.53. The van der Waals surface area contributed by atoms with Crippen LogP contribution in [0.1, 0.15) is 11.1 Å². The third-order valence-electron chi connectivity index (χ3n) is 1.75. The van der Waals surface area contributed by atoms with Crippen LogP contribution in [0, 0.1) is 13.8 Å². The van der Waals surface area contributed by atoms with Crippen molar-refractivity contribution in [2.24, 2.45) is 4.99 Å². The van der Waals surface area contributed by atoms with Gasteiger partial charge in [0.1, 0.15) is 0 Å². The normalized spacial score (nSPS) is 9.40. The highest BCUT2D eigenvalue weighted by atomic mass is 14.7. The Morgan fingerprint density at radius 1 is 1.30 bits per heavy atom. The molecule has 0 aromatic heterocycles. The lowest BCUT2D eigenvalue weighted by Gasteiger charge is -2.01. The highest BCUT2D eigenvalue weighted by Crippen LogP contribution is 2.19. The van der Waals surface area contributed by atoms with E-state index in [2.05, 4.69) is 31.6 Å². The van der Waals surface area contributed by atoms with Gasteiger partial charge in [0.2, 0.25) is 0 Å². The van der Waals surface area contributed by atoms with E-state index >= 15 is 0 Å². The molecule has 0 aliphatic carbocycles. The topological polar surface area (TPSA) is 12.4 Å². The molecule has 0 fully saturated rings. The van der Waals surface area contributed by atoms with Crippen LogP contribution in [0.3, 0.4) is 0 Å². The number of nitrogens with zero attached hydrogens (tertiary/aromatic N) is 1. The van der Waals surface area contributed by atoms with Gasteiger partial charge in [-0.3, -0.25) is 4.99 Å². The Morgan fingerprint density at radius 2 is 2.00 bits per heavy atom. The van der Waals surface area contributed by atoms with Crippen LogP contribution < -0.4 is 0 Å². The van der Waals surface area contributed by atoms with Crippen LogP contribution in [0.15, 0.2) is 23.2 Å². The highest BCUT2D eigenvalue weighted by Gasteiger charge is 1.95. The van der Waals surface area contributed by atoms with E-state index < -0.39 is 0 Å². The van der Waals surface area contributed by atoms with Gasteiger partial charge in [-0.2, -0.15) is 0 Å². The minimum atomic E-state index is 0.986. The summed E-state index contributed by atoms with van der Waals surface area (Å²) in [5, 5.41) is 0. The maximum atomic E-state index is 3.88. The fourth-order valence-corrected chi connectivity index (χ4v) is 0.907. The van der Waals surface area contributed by atoms with E-state index in [1.54, 1.807) is 0 Å². The standard InChI is InChI=1S/C9H11N/c1-7-5-4-6-9(10-3)8(7)2/h4-6H,3H2,1-2H3. The Balaban J connectivity index is 3.27. The van der Waals surface area contributed by atoms with Crippen molar-refractivity contribution < 1.29 is 0 Å². The number of benzene rings is 1. The summed E-state index contributed by atoms with van der Waals surface area (Å²) in [5.74, 6) is 0.